The molecule has 0 saturated carbocycles. The number of unbranched alkanes of at least 4 members (excludes halogenated alkanes) is 3. The van der Waals surface area contributed by atoms with E-state index in [1.54, 1.807) is 5.51 Å². The number of hydrogen-bond donors (Lipinski definition) is 1. The molecule has 0 unspecified atom stereocenters. The molecule has 0 atom stereocenters. The molecule has 1 amide bonds. The normalized spacial score (nSPS) is 10.7. The number of ether oxygens (including phenoxy) is 1. The van der Waals surface area contributed by atoms with E-state index in [0.29, 0.717) is 18.7 Å². The first-order valence-electron chi connectivity index (χ1n) is 9.20. The molecule has 0 fully saturated rings. The van der Waals surface area contributed by atoms with E-state index in [-0.39, 0.29) is 5.91 Å². The molecule has 3 rings (SSSR count). The molecule has 3 aromatic rings. The molecule has 5 heteroatoms. The van der Waals surface area contributed by atoms with Crippen LogP contribution >= 0.6 is 11.3 Å². The standard InChI is InChI=1S/C22H24N2O2S/c1-2-3-4-5-6-12-26-19-9-7-8-17(13-19)15-23-22(25)18-10-11-20-21(14-18)27-16-24-20/h2,7-11,13-14,16H,1,3-6,12,15H2,(H,23,25). The number of allylic oxidation sites excluding steroid dienone is 1. The van der Waals surface area contributed by atoms with Crippen molar-refractivity contribution in [2.45, 2.75) is 32.2 Å². The average Bonchev–Trinajstić information content (AvgIpc) is 3.17. The van der Waals surface area contributed by atoms with Gasteiger partial charge in [0.1, 0.15) is 5.75 Å². The predicted molar refractivity (Wildman–Crippen MR) is 111 cm³/mol. The van der Waals surface area contributed by atoms with Crippen LogP contribution < -0.4 is 10.1 Å². The monoisotopic (exact) mass is 380 g/mol. The lowest BCUT2D eigenvalue weighted by molar-refractivity contribution is 0.0951. The second-order valence-electron chi connectivity index (χ2n) is 6.35. The van der Waals surface area contributed by atoms with Crippen LogP contribution in [0.3, 0.4) is 0 Å². The Labute approximate surface area is 163 Å². The minimum absolute atomic E-state index is 0.0844. The number of hydrogen-bond acceptors (Lipinski definition) is 4. The third-order valence-electron chi connectivity index (χ3n) is 4.27. The Morgan fingerprint density at radius 2 is 2.11 bits per heavy atom. The van der Waals surface area contributed by atoms with Gasteiger partial charge in [-0.25, -0.2) is 4.98 Å². The van der Waals surface area contributed by atoms with Gasteiger partial charge in [-0.05, 0) is 61.6 Å². The molecule has 140 valence electrons. The van der Waals surface area contributed by atoms with Gasteiger partial charge in [0, 0.05) is 12.1 Å². The van der Waals surface area contributed by atoms with E-state index in [0.717, 1.165) is 47.2 Å². The number of aromatic nitrogens is 1. The predicted octanol–water partition coefficient (Wildman–Crippen LogP) is 5.35. The summed E-state index contributed by atoms with van der Waals surface area (Å²) in [6.45, 7) is 4.91. The Morgan fingerprint density at radius 1 is 1.19 bits per heavy atom. The molecule has 0 radical (unpaired) electrons. The highest BCUT2D eigenvalue weighted by molar-refractivity contribution is 7.16. The van der Waals surface area contributed by atoms with Crippen molar-refractivity contribution in [1.82, 2.24) is 10.3 Å². The second kappa shape index (κ2) is 9.88. The molecule has 1 N–H and O–H groups in total. The second-order valence-corrected chi connectivity index (χ2v) is 7.24. The van der Waals surface area contributed by atoms with Crippen molar-refractivity contribution >= 4 is 27.5 Å². The molecule has 0 aliphatic carbocycles. The summed E-state index contributed by atoms with van der Waals surface area (Å²) in [5.41, 5.74) is 4.38. The summed E-state index contributed by atoms with van der Waals surface area (Å²) in [7, 11) is 0. The topological polar surface area (TPSA) is 51.2 Å². The first-order valence-corrected chi connectivity index (χ1v) is 10.1. The van der Waals surface area contributed by atoms with Crippen molar-refractivity contribution in [2.24, 2.45) is 0 Å². The van der Waals surface area contributed by atoms with Crippen molar-refractivity contribution < 1.29 is 9.53 Å². The molecule has 1 heterocycles. The first kappa shape index (κ1) is 19.1. The largest absolute Gasteiger partial charge is 0.494 e. The van der Waals surface area contributed by atoms with Gasteiger partial charge in [-0.1, -0.05) is 18.2 Å². The van der Waals surface area contributed by atoms with Crippen LogP contribution in [0.1, 0.15) is 41.6 Å². The fourth-order valence-corrected chi connectivity index (χ4v) is 3.50. The van der Waals surface area contributed by atoms with Crippen molar-refractivity contribution in [1.29, 1.82) is 0 Å². The molecule has 0 bridgehead atoms. The molecule has 0 aliphatic heterocycles. The molecule has 0 spiro atoms. The van der Waals surface area contributed by atoms with Gasteiger partial charge in [0.2, 0.25) is 0 Å². The maximum Gasteiger partial charge on any atom is 0.251 e. The highest BCUT2D eigenvalue weighted by Crippen LogP contribution is 2.19. The van der Waals surface area contributed by atoms with Crippen LogP contribution in [-0.4, -0.2) is 17.5 Å². The van der Waals surface area contributed by atoms with E-state index < -0.39 is 0 Å². The number of carbonyl (C=O) groups excluding carboxylic acids is 1. The van der Waals surface area contributed by atoms with Crippen molar-refractivity contribution in [2.75, 3.05) is 6.61 Å². The number of thiazole rings is 1. The zero-order chi connectivity index (χ0) is 18.9. The molecule has 0 aliphatic rings. The van der Waals surface area contributed by atoms with Gasteiger partial charge in [0.25, 0.3) is 5.91 Å². The molecular weight excluding hydrogens is 356 g/mol. The molecule has 2 aromatic carbocycles. The summed E-state index contributed by atoms with van der Waals surface area (Å²) in [6.07, 6.45) is 6.35. The van der Waals surface area contributed by atoms with Gasteiger partial charge in [-0.15, -0.1) is 17.9 Å². The Morgan fingerprint density at radius 3 is 3.00 bits per heavy atom. The van der Waals surface area contributed by atoms with Crippen LogP contribution in [-0.2, 0) is 6.54 Å². The number of nitrogens with zero attached hydrogens (tertiary/aromatic N) is 1. The van der Waals surface area contributed by atoms with E-state index >= 15 is 0 Å². The van der Waals surface area contributed by atoms with Crippen LogP contribution in [0.4, 0.5) is 0 Å². The minimum Gasteiger partial charge on any atom is -0.494 e. The Balaban J connectivity index is 1.48. The Kier molecular flexibility index (Phi) is 6.99. The van der Waals surface area contributed by atoms with Crippen molar-refractivity contribution in [3.63, 3.8) is 0 Å². The van der Waals surface area contributed by atoms with E-state index in [9.17, 15) is 4.79 Å². The summed E-state index contributed by atoms with van der Waals surface area (Å²) in [5, 5.41) is 2.97. The van der Waals surface area contributed by atoms with Crippen LogP contribution in [0.2, 0.25) is 0 Å². The van der Waals surface area contributed by atoms with Gasteiger partial charge < -0.3 is 10.1 Å². The molecule has 4 nitrogen and oxygen atoms in total. The maximum absolute atomic E-state index is 12.4. The summed E-state index contributed by atoms with van der Waals surface area (Å²) < 4.78 is 6.83. The number of nitrogens with one attached hydrogen (secondary N) is 1. The molecule has 0 saturated heterocycles. The van der Waals surface area contributed by atoms with Crippen LogP contribution in [0.5, 0.6) is 5.75 Å². The lowest BCUT2D eigenvalue weighted by atomic mass is 10.1. The quantitative estimate of drug-likeness (QED) is 0.381. The highest BCUT2D eigenvalue weighted by atomic mass is 32.1. The van der Waals surface area contributed by atoms with Gasteiger partial charge >= 0.3 is 0 Å². The first-order chi connectivity index (χ1) is 13.3. The fraction of sp³-hybridized carbons (Fsp3) is 0.273. The van der Waals surface area contributed by atoms with E-state index in [1.165, 1.54) is 11.3 Å². The fourth-order valence-electron chi connectivity index (χ4n) is 2.78. The third kappa shape index (κ3) is 5.66. The van der Waals surface area contributed by atoms with E-state index in [1.807, 2.05) is 48.5 Å². The summed E-state index contributed by atoms with van der Waals surface area (Å²) in [5.74, 6) is 0.760. The zero-order valence-electron chi connectivity index (χ0n) is 15.3. The van der Waals surface area contributed by atoms with Gasteiger partial charge in [-0.2, -0.15) is 0 Å². The smallest absolute Gasteiger partial charge is 0.251 e. The van der Waals surface area contributed by atoms with Gasteiger partial charge in [0.05, 0.1) is 22.3 Å². The molecular formula is C22H24N2O2S. The number of benzene rings is 2. The number of fused-ring (bicyclic) bond motifs is 1. The summed E-state index contributed by atoms with van der Waals surface area (Å²) in [4.78, 5) is 16.6. The average molecular weight is 381 g/mol. The van der Waals surface area contributed by atoms with Gasteiger partial charge in [-0.3, -0.25) is 4.79 Å². The third-order valence-corrected chi connectivity index (χ3v) is 5.06. The van der Waals surface area contributed by atoms with Crippen molar-refractivity contribution in [3.8, 4) is 5.75 Å². The maximum atomic E-state index is 12.4. The van der Waals surface area contributed by atoms with E-state index in [2.05, 4.69) is 16.9 Å². The van der Waals surface area contributed by atoms with Crippen LogP contribution in [0.25, 0.3) is 10.2 Å². The lowest BCUT2D eigenvalue weighted by Crippen LogP contribution is -2.22. The summed E-state index contributed by atoms with van der Waals surface area (Å²) >= 11 is 1.54. The SMILES string of the molecule is C=CCCCCCOc1cccc(CNC(=O)c2ccc3ncsc3c2)c1. The van der Waals surface area contributed by atoms with Gasteiger partial charge in [0.15, 0.2) is 0 Å². The number of amides is 1. The number of carbonyl (C=O) groups is 1. The number of rotatable bonds is 10. The Bertz CT molecular complexity index is 904. The lowest BCUT2D eigenvalue weighted by Gasteiger charge is -2.09. The Hall–Kier alpha value is -2.66. The molecule has 1 aromatic heterocycles. The molecule has 27 heavy (non-hydrogen) atoms. The van der Waals surface area contributed by atoms with Crippen LogP contribution in [0, 0.1) is 0 Å². The van der Waals surface area contributed by atoms with Crippen LogP contribution in [0.15, 0.2) is 60.6 Å². The summed E-state index contributed by atoms with van der Waals surface area (Å²) in [6, 6.07) is 13.5. The zero-order valence-corrected chi connectivity index (χ0v) is 16.1. The highest BCUT2D eigenvalue weighted by Gasteiger charge is 2.07. The van der Waals surface area contributed by atoms with E-state index in [4.69, 9.17) is 4.74 Å². The van der Waals surface area contributed by atoms with Crippen molar-refractivity contribution in [3.05, 3.63) is 71.8 Å². The minimum atomic E-state index is -0.0844.